The van der Waals surface area contributed by atoms with Crippen molar-refractivity contribution in [3.63, 3.8) is 0 Å². The van der Waals surface area contributed by atoms with Crippen LogP contribution in [0.2, 0.25) is 0 Å². The van der Waals surface area contributed by atoms with Crippen molar-refractivity contribution in [2.45, 2.75) is 0 Å². The zero-order valence-electron chi connectivity index (χ0n) is 15.7. The van der Waals surface area contributed by atoms with E-state index in [0.29, 0.717) is 27.9 Å². The second-order valence-corrected chi connectivity index (χ2v) is 6.39. The van der Waals surface area contributed by atoms with Gasteiger partial charge in [-0.2, -0.15) is 5.26 Å². The molecule has 146 valence electrons. The van der Waals surface area contributed by atoms with Crippen molar-refractivity contribution in [2.75, 3.05) is 11.9 Å². The number of anilines is 1. The molecular weight excluding hydrogens is 382 g/mol. The Morgan fingerprint density at radius 1 is 1.03 bits per heavy atom. The van der Waals surface area contributed by atoms with E-state index < -0.39 is 18.5 Å². The highest BCUT2D eigenvalue weighted by Gasteiger charge is 2.16. The maximum absolute atomic E-state index is 12.4. The molecule has 7 heteroatoms. The van der Waals surface area contributed by atoms with Gasteiger partial charge in [0.2, 0.25) is 0 Å². The molecule has 0 aliphatic heterocycles. The number of nitrogens with one attached hydrogen (secondary N) is 1. The number of nitrogens with zero attached hydrogens (tertiary/aromatic N) is 2. The molecule has 0 aliphatic carbocycles. The minimum atomic E-state index is -0.652. The van der Waals surface area contributed by atoms with Crippen LogP contribution in [-0.4, -0.2) is 23.6 Å². The van der Waals surface area contributed by atoms with Crippen LogP contribution in [-0.2, 0) is 9.53 Å². The smallest absolute Gasteiger partial charge is 0.338 e. The molecule has 3 aromatic carbocycles. The lowest BCUT2D eigenvalue weighted by Crippen LogP contribution is -2.21. The Hall–Kier alpha value is -4.44. The Labute approximate surface area is 171 Å². The molecule has 0 fully saturated rings. The number of carbonyl (C=O) groups excluding carboxylic acids is 2. The summed E-state index contributed by atoms with van der Waals surface area (Å²) in [6.45, 7) is -0.480. The summed E-state index contributed by atoms with van der Waals surface area (Å²) < 4.78 is 10.6. The average molecular weight is 397 g/mol. The number of amides is 1. The Balaban J connectivity index is 1.47. The highest BCUT2D eigenvalue weighted by molar-refractivity contribution is 6.00. The predicted octanol–water partition coefficient (Wildman–Crippen LogP) is 4.16. The van der Waals surface area contributed by atoms with E-state index in [2.05, 4.69) is 10.5 Å². The van der Waals surface area contributed by atoms with Crippen LogP contribution in [0.1, 0.15) is 15.9 Å². The van der Waals surface area contributed by atoms with Gasteiger partial charge in [-0.15, -0.1) is 0 Å². The van der Waals surface area contributed by atoms with Crippen molar-refractivity contribution in [3.8, 4) is 17.4 Å². The highest BCUT2D eigenvalue weighted by Crippen LogP contribution is 2.29. The Morgan fingerprint density at radius 2 is 1.80 bits per heavy atom. The van der Waals surface area contributed by atoms with Crippen molar-refractivity contribution < 1.29 is 18.8 Å². The third-order valence-corrected chi connectivity index (χ3v) is 4.40. The second-order valence-electron chi connectivity index (χ2n) is 6.39. The summed E-state index contributed by atoms with van der Waals surface area (Å²) in [5.41, 5.74) is 2.40. The van der Waals surface area contributed by atoms with Gasteiger partial charge < -0.3 is 14.6 Å². The van der Waals surface area contributed by atoms with Crippen molar-refractivity contribution in [1.29, 1.82) is 5.26 Å². The first-order valence-corrected chi connectivity index (χ1v) is 9.06. The van der Waals surface area contributed by atoms with E-state index in [4.69, 9.17) is 14.5 Å². The first-order valence-electron chi connectivity index (χ1n) is 9.06. The van der Waals surface area contributed by atoms with Crippen LogP contribution < -0.4 is 5.32 Å². The number of nitriles is 1. The van der Waals surface area contributed by atoms with Crippen LogP contribution in [0.25, 0.3) is 22.2 Å². The number of benzene rings is 3. The molecule has 0 atom stereocenters. The largest absolute Gasteiger partial charge is 0.452 e. The van der Waals surface area contributed by atoms with E-state index in [-0.39, 0.29) is 5.56 Å². The third-order valence-electron chi connectivity index (χ3n) is 4.40. The van der Waals surface area contributed by atoms with Gasteiger partial charge in [-0.25, -0.2) is 4.79 Å². The van der Waals surface area contributed by atoms with Crippen molar-refractivity contribution in [1.82, 2.24) is 5.16 Å². The molecule has 0 radical (unpaired) electrons. The van der Waals surface area contributed by atoms with Crippen LogP contribution in [0.15, 0.2) is 77.3 Å². The van der Waals surface area contributed by atoms with Crippen LogP contribution in [0.4, 0.5) is 5.69 Å². The van der Waals surface area contributed by atoms with Gasteiger partial charge in [-0.1, -0.05) is 47.6 Å². The zero-order valence-corrected chi connectivity index (χ0v) is 15.7. The normalized spacial score (nSPS) is 10.4. The Morgan fingerprint density at radius 3 is 2.60 bits per heavy atom. The molecule has 0 saturated heterocycles. The first kappa shape index (κ1) is 18.9. The van der Waals surface area contributed by atoms with Gasteiger partial charge in [0.1, 0.15) is 11.6 Å². The van der Waals surface area contributed by atoms with E-state index in [9.17, 15) is 9.59 Å². The fraction of sp³-hybridized carbons (Fsp3) is 0.0435. The number of para-hydroxylation sites is 1. The van der Waals surface area contributed by atoms with Gasteiger partial charge >= 0.3 is 5.97 Å². The lowest BCUT2D eigenvalue weighted by atomic mass is 10.1. The summed E-state index contributed by atoms with van der Waals surface area (Å²) in [6, 6.07) is 22.8. The minimum Gasteiger partial charge on any atom is -0.452 e. The number of rotatable bonds is 5. The van der Waals surface area contributed by atoms with Gasteiger partial charge in [0.25, 0.3) is 5.91 Å². The van der Waals surface area contributed by atoms with Crippen LogP contribution >= 0.6 is 0 Å². The number of ether oxygens (including phenoxy) is 1. The summed E-state index contributed by atoms with van der Waals surface area (Å²) in [5.74, 6) is -0.644. The maximum Gasteiger partial charge on any atom is 0.338 e. The number of hydrogen-bond acceptors (Lipinski definition) is 6. The summed E-state index contributed by atoms with van der Waals surface area (Å²) in [5, 5.41) is 16.3. The number of fused-ring (bicyclic) bond motifs is 1. The van der Waals surface area contributed by atoms with E-state index in [1.807, 2.05) is 36.4 Å². The molecule has 0 bridgehead atoms. The number of esters is 1. The van der Waals surface area contributed by atoms with Gasteiger partial charge in [-0.3, -0.25) is 4.79 Å². The lowest BCUT2D eigenvalue weighted by molar-refractivity contribution is -0.119. The second kappa shape index (κ2) is 8.29. The van der Waals surface area contributed by atoms with E-state index in [1.54, 1.807) is 42.5 Å². The predicted molar refractivity (Wildman–Crippen MR) is 110 cm³/mol. The lowest BCUT2D eigenvalue weighted by Gasteiger charge is -2.08. The van der Waals surface area contributed by atoms with Gasteiger partial charge in [0, 0.05) is 5.56 Å². The molecule has 0 unspecified atom stereocenters. The zero-order chi connectivity index (χ0) is 20.9. The molecule has 0 saturated carbocycles. The van der Waals surface area contributed by atoms with E-state index in [1.165, 1.54) is 0 Å². The summed E-state index contributed by atoms with van der Waals surface area (Å²) >= 11 is 0. The Bertz CT molecular complexity index is 1270. The summed E-state index contributed by atoms with van der Waals surface area (Å²) in [6.07, 6.45) is 0. The quantitative estimate of drug-likeness (QED) is 0.507. The topological polar surface area (TPSA) is 105 Å². The Kier molecular flexibility index (Phi) is 5.22. The molecular formula is C23H15N3O4. The monoisotopic (exact) mass is 397 g/mol. The molecule has 0 spiro atoms. The minimum absolute atomic E-state index is 0.271. The number of hydrogen-bond donors (Lipinski definition) is 1. The highest BCUT2D eigenvalue weighted by atomic mass is 16.5. The molecule has 4 rings (SSSR count). The van der Waals surface area contributed by atoms with Gasteiger partial charge in [0.05, 0.1) is 22.2 Å². The van der Waals surface area contributed by atoms with Crippen LogP contribution in [0, 0.1) is 11.3 Å². The number of carbonyl (C=O) groups is 2. The standard InChI is InChI=1S/C23H15N3O4/c24-13-17-8-4-5-9-19(17)25-21(27)14-29-23(28)16-10-11-20-18(12-16)22(30-26-20)15-6-2-1-3-7-15/h1-12H,14H2,(H,25,27). The fourth-order valence-corrected chi connectivity index (χ4v) is 2.96. The summed E-state index contributed by atoms with van der Waals surface area (Å²) in [7, 11) is 0. The fourth-order valence-electron chi connectivity index (χ4n) is 2.96. The molecule has 1 amide bonds. The first-order chi connectivity index (χ1) is 14.7. The van der Waals surface area contributed by atoms with Crippen molar-refractivity contribution in [3.05, 3.63) is 83.9 Å². The molecule has 1 heterocycles. The van der Waals surface area contributed by atoms with E-state index >= 15 is 0 Å². The van der Waals surface area contributed by atoms with Crippen molar-refractivity contribution >= 4 is 28.5 Å². The molecule has 1 N–H and O–H groups in total. The number of aromatic nitrogens is 1. The molecule has 1 aromatic heterocycles. The van der Waals surface area contributed by atoms with Crippen LogP contribution in [0.5, 0.6) is 0 Å². The summed E-state index contributed by atoms with van der Waals surface area (Å²) in [4.78, 5) is 24.5. The molecule has 4 aromatic rings. The SMILES string of the molecule is N#Cc1ccccc1NC(=O)COC(=O)c1ccc2noc(-c3ccccc3)c2c1. The maximum atomic E-state index is 12.4. The van der Waals surface area contributed by atoms with Crippen molar-refractivity contribution in [2.24, 2.45) is 0 Å². The molecule has 0 aliphatic rings. The van der Waals surface area contributed by atoms with E-state index in [0.717, 1.165) is 5.56 Å². The third kappa shape index (κ3) is 3.88. The van der Waals surface area contributed by atoms with Crippen LogP contribution in [0.3, 0.4) is 0 Å². The molecule has 30 heavy (non-hydrogen) atoms. The van der Waals surface area contributed by atoms with Gasteiger partial charge in [0.15, 0.2) is 12.4 Å². The van der Waals surface area contributed by atoms with Gasteiger partial charge in [-0.05, 0) is 30.3 Å². The average Bonchev–Trinajstić information content (AvgIpc) is 3.21. The molecule has 7 nitrogen and oxygen atoms in total.